The second-order valence-electron chi connectivity index (χ2n) is 6.85. The highest BCUT2D eigenvalue weighted by molar-refractivity contribution is 7.89. The van der Waals surface area contributed by atoms with Gasteiger partial charge in [-0.15, -0.1) is 5.92 Å². The van der Waals surface area contributed by atoms with Crippen LogP contribution in [0, 0.1) is 30.1 Å². The van der Waals surface area contributed by atoms with Crippen LogP contribution < -0.4 is 0 Å². The van der Waals surface area contributed by atoms with E-state index in [1.165, 1.54) is 4.31 Å². The Morgan fingerprint density at radius 2 is 1.85 bits per heavy atom. The molecular weight excluding hydrogens is 344 g/mol. The standard InChI is InChI=1S/C21H26N2O2S/c1-4-5-15-23(26(24,25)20-11-9-18(2)10-12-20)21(16-19(3)17-22)13-7-6-8-14-21/h9-12,16H,6-8,13-15H2,1-3H3/b19-16+. The van der Waals surface area contributed by atoms with Gasteiger partial charge in [0, 0.05) is 5.57 Å². The maximum absolute atomic E-state index is 13.5. The Balaban J connectivity index is 2.61. The van der Waals surface area contributed by atoms with E-state index in [1.54, 1.807) is 38.1 Å². The number of sulfonamides is 1. The summed E-state index contributed by atoms with van der Waals surface area (Å²) in [6.07, 6.45) is 6.22. The fraction of sp³-hybridized carbons (Fsp3) is 0.476. The third-order valence-electron chi connectivity index (χ3n) is 4.89. The lowest BCUT2D eigenvalue weighted by Crippen LogP contribution is -2.52. The van der Waals surface area contributed by atoms with Crippen LogP contribution in [-0.4, -0.2) is 24.8 Å². The first-order chi connectivity index (χ1) is 12.4. The van der Waals surface area contributed by atoms with E-state index in [2.05, 4.69) is 17.9 Å². The van der Waals surface area contributed by atoms with Gasteiger partial charge in [-0.2, -0.15) is 9.57 Å². The molecule has 2 rings (SSSR count). The van der Waals surface area contributed by atoms with Crippen molar-refractivity contribution in [2.45, 2.75) is 63.3 Å². The minimum atomic E-state index is -3.73. The average molecular weight is 371 g/mol. The van der Waals surface area contributed by atoms with Crippen molar-refractivity contribution in [1.29, 1.82) is 5.26 Å². The van der Waals surface area contributed by atoms with Crippen molar-refractivity contribution < 1.29 is 8.42 Å². The molecule has 1 aliphatic carbocycles. The van der Waals surface area contributed by atoms with Gasteiger partial charge in [0.25, 0.3) is 0 Å². The number of hydrogen-bond donors (Lipinski definition) is 0. The summed E-state index contributed by atoms with van der Waals surface area (Å²) in [5, 5.41) is 9.27. The first kappa shape index (κ1) is 20.2. The number of allylic oxidation sites excluding steroid dienone is 1. The van der Waals surface area contributed by atoms with Crippen LogP contribution >= 0.6 is 0 Å². The van der Waals surface area contributed by atoms with E-state index in [4.69, 9.17) is 0 Å². The zero-order valence-electron chi connectivity index (χ0n) is 15.7. The molecule has 5 heteroatoms. The van der Waals surface area contributed by atoms with E-state index in [0.29, 0.717) is 18.4 Å². The molecule has 4 nitrogen and oxygen atoms in total. The number of rotatable bonds is 5. The summed E-state index contributed by atoms with van der Waals surface area (Å²) < 4.78 is 28.5. The highest BCUT2D eigenvalue weighted by Gasteiger charge is 2.43. The van der Waals surface area contributed by atoms with Crippen molar-refractivity contribution in [3.05, 3.63) is 41.5 Å². The van der Waals surface area contributed by atoms with Gasteiger partial charge >= 0.3 is 0 Å². The lowest BCUT2D eigenvalue weighted by Gasteiger charge is -2.43. The number of hydrogen-bond acceptors (Lipinski definition) is 3. The second-order valence-corrected chi connectivity index (χ2v) is 8.72. The summed E-state index contributed by atoms with van der Waals surface area (Å²) in [6.45, 7) is 5.50. The van der Waals surface area contributed by atoms with Gasteiger partial charge in [-0.25, -0.2) is 8.42 Å². The molecule has 1 fully saturated rings. The summed E-state index contributed by atoms with van der Waals surface area (Å²) in [6, 6.07) is 9.06. The zero-order valence-corrected chi connectivity index (χ0v) is 16.6. The van der Waals surface area contributed by atoms with Crippen molar-refractivity contribution in [2.75, 3.05) is 6.54 Å². The molecule has 0 radical (unpaired) electrons. The highest BCUT2D eigenvalue weighted by Crippen LogP contribution is 2.39. The third-order valence-corrected chi connectivity index (χ3v) is 6.83. The predicted octanol–water partition coefficient (Wildman–Crippen LogP) is 4.18. The molecule has 0 bridgehead atoms. The van der Waals surface area contributed by atoms with Crippen LogP contribution in [0.5, 0.6) is 0 Å². The van der Waals surface area contributed by atoms with E-state index in [0.717, 1.165) is 24.8 Å². The quantitative estimate of drug-likeness (QED) is 0.577. The Labute approximate surface area is 157 Å². The SMILES string of the molecule is CC#CCN(C1(/C=C(\C)C#N)CCCCC1)S(=O)(=O)c1ccc(C)cc1. The lowest BCUT2D eigenvalue weighted by molar-refractivity contribution is 0.191. The summed E-state index contributed by atoms with van der Waals surface area (Å²) in [4.78, 5) is 0.272. The van der Waals surface area contributed by atoms with Crippen LogP contribution in [0.4, 0.5) is 0 Å². The molecule has 1 aromatic rings. The number of aryl methyl sites for hydroxylation is 1. The Morgan fingerprint density at radius 3 is 2.38 bits per heavy atom. The molecule has 26 heavy (non-hydrogen) atoms. The zero-order chi connectivity index (χ0) is 19.2. The minimum Gasteiger partial charge on any atom is -0.207 e. The van der Waals surface area contributed by atoms with Crippen molar-refractivity contribution in [3.8, 4) is 17.9 Å². The van der Waals surface area contributed by atoms with Crippen LogP contribution in [0.2, 0.25) is 0 Å². The molecular formula is C21H26N2O2S. The van der Waals surface area contributed by atoms with Gasteiger partial charge in [-0.05, 0) is 51.8 Å². The largest absolute Gasteiger partial charge is 0.244 e. The van der Waals surface area contributed by atoms with Crippen LogP contribution in [0.1, 0.15) is 51.5 Å². The molecule has 138 valence electrons. The normalized spacial score (nSPS) is 17.3. The first-order valence-electron chi connectivity index (χ1n) is 8.94. The monoisotopic (exact) mass is 370 g/mol. The maximum Gasteiger partial charge on any atom is 0.244 e. The van der Waals surface area contributed by atoms with E-state index in [-0.39, 0.29) is 11.4 Å². The molecule has 0 unspecified atom stereocenters. The Hall–Kier alpha value is -2.08. The van der Waals surface area contributed by atoms with E-state index >= 15 is 0 Å². The Bertz CT molecular complexity index is 859. The Kier molecular flexibility index (Phi) is 6.64. The highest BCUT2D eigenvalue weighted by atomic mass is 32.2. The number of benzene rings is 1. The van der Waals surface area contributed by atoms with Crippen molar-refractivity contribution in [3.63, 3.8) is 0 Å². The van der Waals surface area contributed by atoms with Gasteiger partial charge in [0.05, 0.1) is 23.0 Å². The van der Waals surface area contributed by atoms with Crippen molar-refractivity contribution >= 4 is 10.0 Å². The molecule has 0 N–H and O–H groups in total. The summed E-state index contributed by atoms with van der Waals surface area (Å²) >= 11 is 0. The molecule has 1 aromatic carbocycles. The molecule has 0 aromatic heterocycles. The molecule has 0 atom stereocenters. The third kappa shape index (κ3) is 4.36. The first-order valence-corrected chi connectivity index (χ1v) is 10.4. The molecule has 1 saturated carbocycles. The fourth-order valence-electron chi connectivity index (χ4n) is 3.54. The van der Waals surface area contributed by atoms with Gasteiger partial charge in [0.2, 0.25) is 10.0 Å². The van der Waals surface area contributed by atoms with Crippen LogP contribution in [0.25, 0.3) is 0 Å². The fourth-order valence-corrected chi connectivity index (χ4v) is 5.22. The smallest absolute Gasteiger partial charge is 0.207 e. The molecule has 0 saturated heterocycles. The maximum atomic E-state index is 13.5. The molecule has 0 spiro atoms. The van der Waals surface area contributed by atoms with Crippen molar-refractivity contribution in [1.82, 2.24) is 4.31 Å². The Morgan fingerprint density at radius 1 is 1.23 bits per heavy atom. The van der Waals surface area contributed by atoms with Crippen LogP contribution in [-0.2, 0) is 10.0 Å². The summed E-state index contributed by atoms with van der Waals surface area (Å²) in [7, 11) is -3.73. The van der Waals surface area contributed by atoms with Gasteiger partial charge in [-0.3, -0.25) is 0 Å². The molecule has 1 aliphatic rings. The van der Waals surface area contributed by atoms with Crippen LogP contribution in [0.3, 0.4) is 0 Å². The van der Waals surface area contributed by atoms with E-state index in [9.17, 15) is 13.7 Å². The van der Waals surface area contributed by atoms with Gasteiger partial charge in [0.1, 0.15) is 0 Å². The average Bonchev–Trinajstić information content (AvgIpc) is 2.63. The topological polar surface area (TPSA) is 61.2 Å². The number of nitrogens with zero attached hydrogens (tertiary/aromatic N) is 2. The number of nitriles is 1. The second kappa shape index (κ2) is 8.54. The molecule has 0 amide bonds. The minimum absolute atomic E-state index is 0.127. The predicted molar refractivity (Wildman–Crippen MR) is 104 cm³/mol. The van der Waals surface area contributed by atoms with E-state index in [1.807, 2.05) is 13.0 Å². The van der Waals surface area contributed by atoms with E-state index < -0.39 is 15.6 Å². The van der Waals surface area contributed by atoms with Gasteiger partial charge in [0.15, 0.2) is 0 Å². The molecule has 0 aliphatic heterocycles. The van der Waals surface area contributed by atoms with Crippen molar-refractivity contribution in [2.24, 2.45) is 0 Å². The summed E-state index contributed by atoms with van der Waals surface area (Å²) in [5.41, 5.74) is 0.864. The van der Waals surface area contributed by atoms with Gasteiger partial charge in [-0.1, -0.05) is 42.9 Å². The van der Waals surface area contributed by atoms with Gasteiger partial charge < -0.3 is 0 Å². The van der Waals surface area contributed by atoms with Crippen LogP contribution in [0.15, 0.2) is 40.8 Å². The molecule has 0 heterocycles. The summed E-state index contributed by atoms with van der Waals surface area (Å²) in [5.74, 6) is 5.75. The lowest BCUT2D eigenvalue weighted by atomic mass is 9.80.